The van der Waals surface area contributed by atoms with E-state index in [1.807, 2.05) is 42.1 Å². The van der Waals surface area contributed by atoms with Gasteiger partial charge in [-0.25, -0.2) is 4.79 Å². The fraction of sp³-hybridized carbons (Fsp3) is 0.444. The molecular formula is C36H46N2O6Si. The van der Waals surface area contributed by atoms with E-state index in [1.165, 1.54) is 18.2 Å². The van der Waals surface area contributed by atoms with Crippen molar-refractivity contribution < 1.29 is 28.2 Å². The van der Waals surface area contributed by atoms with Crippen molar-refractivity contribution in [3.63, 3.8) is 0 Å². The van der Waals surface area contributed by atoms with Crippen LogP contribution in [0.5, 0.6) is 11.5 Å². The van der Waals surface area contributed by atoms with Gasteiger partial charge in [0.05, 0.1) is 45.6 Å². The van der Waals surface area contributed by atoms with Crippen LogP contribution in [0.3, 0.4) is 0 Å². The Morgan fingerprint density at radius 3 is 2.16 bits per heavy atom. The van der Waals surface area contributed by atoms with E-state index < -0.39 is 26.5 Å². The zero-order valence-electron chi connectivity index (χ0n) is 28.0. The average Bonchev–Trinajstić information content (AvgIpc) is 3.61. The second-order valence-electron chi connectivity index (χ2n) is 13.4. The number of rotatable bonds is 11. The Bertz CT molecular complexity index is 1620. The van der Waals surface area contributed by atoms with Crippen molar-refractivity contribution in [1.82, 2.24) is 9.78 Å². The number of aromatic nitrogens is 2. The molecule has 1 aliphatic carbocycles. The van der Waals surface area contributed by atoms with Crippen LogP contribution in [-0.2, 0) is 33.3 Å². The fourth-order valence-electron chi connectivity index (χ4n) is 5.84. The van der Waals surface area contributed by atoms with Gasteiger partial charge in [-0.3, -0.25) is 4.68 Å². The molecule has 0 unspecified atom stereocenters. The van der Waals surface area contributed by atoms with Crippen LogP contribution in [0, 0.1) is 6.92 Å². The summed E-state index contributed by atoms with van der Waals surface area (Å²) in [5, 5.41) is 5.69. The molecule has 0 saturated heterocycles. The van der Waals surface area contributed by atoms with Crippen molar-refractivity contribution in [3.8, 4) is 11.5 Å². The lowest BCUT2D eigenvalue weighted by Gasteiger charge is -2.42. The van der Waals surface area contributed by atoms with Gasteiger partial charge in [0.25, 0.3) is 0 Å². The summed E-state index contributed by atoms with van der Waals surface area (Å²) < 4.78 is 32.9. The first-order valence-corrected chi connectivity index (χ1v) is 18.4. The number of fused-ring (bicyclic) bond motifs is 2. The molecule has 4 aromatic rings. The van der Waals surface area contributed by atoms with Gasteiger partial charge in [-0.2, -0.15) is 5.10 Å². The van der Waals surface area contributed by atoms with E-state index in [9.17, 15) is 4.79 Å². The van der Waals surface area contributed by atoms with Gasteiger partial charge in [0, 0.05) is 17.1 Å². The minimum atomic E-state index is -2.33. The van der Waals surface area contributed by atoms with Gasteiger partial charge >= 0.3 is 5.97 Å². The molecule has 1 aliphatic rings. The van der Waals surface area contributed by atoms with Crippen molar-refractivity contribution >= 4 is 25.2 Å². The average molecular weight is 631 g/mol. The normalized spacial score (nSPS) is 15.1. The van der Waals surface area contributed by atoms with E-state index in [0.717, 1.165) is 40.9 Å². The molecular weight excluding hydrogens is 584 g/mol. The molecule has 9 heteroatoms. The minimum absolute atomic E-state index is 0.0252. The number of nitrogens with zero attached hydrogens (tertiary/aromatic N) is 2. The molecule has 3 aromatic carbocycles. The Kier molecular flexibility index (Phi) is 9.44. The van der Waals surface area contributed by atoms with Crippen LogP contribution in [0.2, 0.25) is 18.1 Å². The number of methoxy groups -OCH3 is 3. The summed E-state index contributed by atoms with van der Waals surface area (Å²) in [5.41, 5.74) is 5.50. The van der Waals surface area contributed by atoms with Crippen molar-refractivity contribution in [3.05, 3.63) is 88.6 Å². The van der Waals surface area contributed by atoms with Gasteiger partial charge in [-0.05, 0) is 72.8 Å². The molecule has 2 atom stereocenters. The first kappa shape index (κ1) is 32.7. The molecule has 0 N–H and O–H groups in total. The lowest BCUT2D eigenvalue weighted by molar-refractivity contribution is -0.0787. The number of hydrogen-bond donors (Lipinski definition) is 0. The Hall–Kier alpha value is -3.66. The van der Waals surface area contributed by atoms with Gasteiger partial charge in [0.1, 0.15) is 23.1 Å². The van der Waals surface area contributed by atoms with Crippen LogP contribution in [0.15, 0.2) is 60.8 Å². The molecule has 8 nitrogen and oxygen atoms in total. The third-order valence-corrected chi connectivity index (χ3v) is 13.9. The molecule has 0 amide bonds. The van der Waals surface area contributed by atoms with Crippen molar-refractivity contribution in [2.75, 3.05) is 21.3 Å². The number of benzene rings is 3. The Balaban J connectivity index is 1.62. The highest BCUT2D eigenvalue weighted by atomic mass is 28.4. The summed E-state index contributed by atoms with van der Waals surface area (Å²) >= 11 is 0. The molecule has 1 heterocycles. The molecule has 1 aromatic heterocycles. The van der Waals surface area contributed by atoms with E-state index in [4.69, 9.17) is 28.5 Å². The van der Waals surface area contributed by atoms with Crippen LogP contribution in [0.25, 0.3) is 10.9 Å². The monoisotopic (exact) mass is 630 g/mol. The van der Waals surface area contributed by atoms with Crippen LogP contribution < -0.4 is 9.47 Å². The molecule has 0 fully saturated rings. The van der Waals surface area contributed by atoms with Crippen LogP contribution in [0.4, 0.5) is 0 Å². The molecule has 0 saturated carbocycles. The van der Waals surface area contributed by atoms with Crippen molar-refractivity contribution in [2.45, 2.75) is 83.5 Å². The van der Waals surface area contributed by atoms with E-state index in [1.54, 1.807) is 20.3 Å². The SMILES string of the molecule is COC(=O)c1cccc2cn(C[C@H](OC3Cc4ccccc4C3)[C@H](O[Si](C)(C)C(C)(C)C)c3cc(OC)c(C)c(OC)c3)nc12. The molecule has 0 radical (unpaired) electrons. The molecule has 45 heavy (non-hydrogen) atoms. The summed E-state index contributed by atoms with van der Waals surface area (Å²) in [6.45, 7) is 13.6. The fourth-order valence-corrected chi connectivity index (χ4v) is 7.12. The summed E-state index contributed by atoms with van der Waals surface area (Å²) in [4.78, 5) is 12.6. The van der Waals surface area contributed by atoms with Crippen LogP contribution in [-0.4, -0.2) is 57.6 Å². The maximum Gasteiger partial charge on any atom is 0.340 e. The zero-order chi connectivity index (χ0) is 32.5. The standard InChI is InChI=1S/C36H46N2O6Si/c1-23-30(40-5)19-27(20-31(23)41-6)34(44-45(8,9)36(2,3)4)32(43-28-17-24-13-10-11-14-25(24)18-28)22-38-21-26-15-12-16-29(33(26)37-38)35(39)42-7/h10-16,19-21,28,32,34H,17-18,22H2,1-9H3/t32-,34+/m0/s1. The first-order chi connectivity index (χ1) is 21.3. The third-order valence-electron chi connectivity index (χ3n) is 9.41. The highest BCUT2D eigenvalue weighted by molar-refractivity contribution is 6.74. The van der Waals surface area contributed by atoms with Crippen molar-refractivity contribution in [2.24, 2.45) is 0 Å². The summed E-state index contributed by atoms with van der Waals surface area (Å²) in [7, 11) is 2.40. The van der Waals surface area contributed by atoms with Gasteiger partial charge < -0.3 is 23.4 Å². The predicted molar refractivity (Wildman–Crippen MR) is 179 cm³/mol. The molecule has 0 bridgehead atoms. The Morgan fingerprint density at radius 2 is 1.60 bits per heavy atom. The van der Waals surface area contributed by atoms with Crippen LogP contribution >= 0.6 is 0 Å². The van der Waals surface area contributed by atoms with Gasteiger partial charge in [-0.1, -0.05) is 57.2 Å². The van der Waals surface area contributed by atoms with E-state index in [-0.39, 0.29) is 11.1 Å². The van der Waals surface area contributed by atoms with Gasteiger partial charge in [-0.15, -0.1) is 0 Å². The number of carbonyl (C=O) groups excluding carboxylic acids is 1. The second-order valence-corrected chi connectivity index (χ2v) is 18.2. The third kappa shape index (κ3) is 6.81. The number of hydrogen-bond acceptors (Lipinski definition) is 7. The summed E-state index contributed by atoms with van der Waals surface area (Å²) in [5.74, 6) is 1.04. The topological polar surface area (TPSA) is 81.0 Å². The number of ether oxygens (including phenoxy) is 4. The maximum atomic E-state index is 12.6. The Labute approximate surface area is 267 Å². The highest BCUT2D eigenvalue weighted by Crippen LogP contribution is 2.44. The lowest BCUT2D eigenvalue weighted by atomic mass is 10.0. The highest BCUT2D eigenvalue weighted by Gasteiger charge is 2.43. The molecule has 0 aliphatic heterocycles. The quantitative estimate of drug-likeness (QED) is 0.126. The van der Waals surface area contributed by atoms with Gasteiger partial charge in [0.15, 0.2) is 8.32 Å². The van der Waals surface area contributed by atoms with E-state index in [0.29, 0.717) is 17.6 Å². The number of carbonyl (C=O) groups is 1. The largest absolute Gasteiger partial charge is 0.496 e. The zero-order valence-corrected chi connectivity index (χ0v) is 29.0. The summed E-state index contributed by atoms with van der Waals surface area (Å²) in [6.07, 6.45) is 2.71. The first-order valence-electron chi connectivity index (χ1n) is 15.5. The smallest absolute Gasteiger partial charge is 0.340 e. The van der Waals surface area contributed by atoms with E-state index >= 15 is 0 Å². The van der Waals surface area contributed by atoms with Crippen molar-refractivity contribution in [1.29, 1.82) is 0 Å². The minimum Gasteiger partial charge on any atom is -0.496 e. The molecule has 240 valence electrons. The second kappa shape index (κ2) is 13.0. The van der Waals surface area contributed by atoms with E-state index in [2.05, 4.69) is 58.1 Å². The van der Waals surface area contributed by atoms with Gasteiger partial charge in [0.2, 0.25) is 0 Å². The predicted octanol–water partition coefficient (Wildman–Crippen LogP) is 7.46. The molecule has 0 spiro atoms. The van der Waals surface area contributed by atoms with Crippen LogP contribution in [0.1, 0.15) is 59.5 Å². The molecule has 5 rings (SSSR count). The lowest BCUT2D eigenvalue weighted by Crippen LogP contribution is -2.45. The summed E-state index contributed by atoms with van der Waals surface area (Å²) in [6, 6.07) is 18.2. The Morgan fingerprint density at radius 1 is 0.978 bits per heavy atom. The maximum absolute atomic E-state index is 12.6. The number of esters is 1.